The van der Waals surface area contributed by atoms with Crippen LogP contribution in [0.3, 0.4) is 0 Å². The van der Waals surface area contributed by atoms with E-state index in [1.54, 1.807) is 0 Å². The second-order valence-corrected chi connectivity index (χ2v) is 8.27. The van der Waals surface area contributed by atoms with Gasteiger partial charge in [0, 0.05) is 16.6 Å². The normalized spacial score (nSPS) is 15.9. The Kier molecular flexibility index (Phi) is 4.13. The molecule has 0 bridgehead atoms. The summed E-state index contributed by atoms with van der Waals surface area (Å²) in [5, 5.41) is 1.55. The molecule has 28 heavy (non-hydrogen) atoms. The van der Waals surface area contributed by atoms with Crippen molar-refractivity contribution in [3.63, 3.8) is 0 Å². The molecule has 0 saturated heterocycles. The Balaban J connectivity index is 1.69. The molecule has 0 atom stereocenters. The molecule has 1 aliphatic heterocycles. The van der Waals surface area contributed by atoms with Crippen LogP contribution >= 0.6 is 11.6 Å². The summed E-state index contributed by atoms with van der Waals surface area (Å²) in [5.41, 5.74) is 6.73. The average molecular weight is 396 g/mol. The van der Waals surface area contributed by atoms with Gasteiger partial charge in [0.1, 0.15) is 11.3 Å². The Bertz CT molecular complexity index is 1160. The lowest BCUT2D eigenvalue weighted by molar-refractivity contribution is 0.289. The van der Waals surface area contributed by atoms with Gasteiger partial charge in [0.2, 0.25) is 0 Å². The van der Waals surface area contributed by atoms with Crippen LogP contribution in [0, 0.1) is 13.8 Å². The first-order chi connectivity index (χ1) is 13.5. The van der Waals surface area contributed by atoms with E-state index in [1.807, 2.05) is 6.07 Å². The number of aryl methyl sites for hydroxylation is 3. The number of benzene rings is 2. The summed E-state index contributed by atoms with van der Waals surface area (Å²) in [5.74, 6) is 0.633. The maximum Gasteiger partial charge on any atom is 0.339 e. The Labute approximate surface area is 168 Å². The summed E-state index contributed by atoms with van der Waals surface area (Å²) in [7, 11) is 0. The van der Waals surface area contributed by atoms with E-state index in [0.29, 0.717) is 29.6 Å². The molecule has 1 aliphatic carbocycles. The van der Waals surface area contributed by atoms with Gasteiger partial charge in [0.25, 0.3) is 0 Å². The molecule has 0 fully saturated rings. The number of anilines is 1. The fraction of sp³-hybridized carbons (Fsp3) is 0.348. The number of hydrogen-bond acceptors (Lipinski definition) is 4. The summed E-state index contributed by atoms with van der Waals surface area (Å²) >= 11 is 6.59. The summed E-state index contributed by atoms with van der Waals surface area (Å²) in [6.07, 6.45) is 3.80. The van der Waals surface area contributed by atoms with Crippen LogP contribution in [-0.4, -0.2) is 6.73 Å². The van der Waals surface area contributed by atoms with Crippen molar-refractivity contribution in [2.45, 2.75) is 46.1 Å². The third kappa shape index (κ3) is 2.70. The molecule has 0 amide bonds. The minimum Gasteiger partial charge on any atom is -0.471 e. The SMILES string of the molecule is Cc1ccc(N2COc3c(Cl)cc4c5c(c(=O)oc4c3C2)CCCC5)c(C)c1. The average Bonchev–Trinajstić information content (AvgIpc) is 2.69. The number of nitrogens with zero attached hydrogens (tertiary/aromatic N) is 1. The van der Waals surface area contributed by atoms with Gasteiger partial charge in [0.05, 0.1) is 17.1 Å². The predicted octanol–water partition coefficient (Wildman–Crippen LogP) is 5.30. The maximum atomic E-state index is 12.6. The van der Waals surface area contributed by atoms with E-state index < -0.39 is 0 Å². The van der Waals surface area contributed by atoms with Crippen molar-refractivity contribution in [1.29, 1.82) is 0 Å². The monoisotopic (exact) mass is 395 g/mol. The number of fused-ring (bicyclic) bond motifs is 5. The first kappa shape index (κ1) is 17.6. The van der Waals surface area contributed by atoms with Gasteiger partial charge in [-0.25, -0.2) is 4.79 Å². The van der Waals surface area contributed by atoms with E-state index in [2.05, 4.69) is 36.9 Å². The highest BCUT2D eigenvalue weighted by atomic mass is 35.5. The van der Waals surface area contributed by atoms with Gasteiger partial charge >= 0.3 is 5.63 Å². The molecule has 2 aromatic carbocycles. The fourth-order valence-corrected chi connectivity index (χ4v) is 4.86. The van der Waals surface area contributed by atoms with Crippen LogP contribution in [-0.2, 0) is 19.4 Å². The smallest absolute Gasteiger partial charge is 0.339 e. The summed E-state index contributed by atoms with van der Waals surface area (Å²) in [4.78, 5) is 14.8. The molecule has 4 nitrogen and oxygen atoms in total. The third-order valence-electron chi connectivity index (χ3n) is 5.92. The highest BCUT2D eigenvalue weighted by Gasteiger charge is 2.28. The van der Waals surface area contributed by atoms with Gasteiger partial charge < -0.3 is 14.1 Å². The Morgan fingerprint density at radius 1 is 1.04 bits per heavy atom. The highest BCUT2D eigenvalue weighted by molar-refractivity contribution is 6.33. The molecule has 0 spiro atoms. The Hall–Kier alpha value is -2.46. The molecule has 144 valence electrons. The van der Waals surface area contributed by atoms with Crippen molar-refractivity contribution < 1.29 is 9.15 Å². The Morgan fingerprint density at radius 3 is 2.61 bits per heavy atom. The Morgan fingerprint density at radius 2 is 1.82 bits per heavy atom. The quantitative estimate of drug-likeness (QED) is 0.524. The molecule has 5 rings (SSSR count). The molecule has 5 heteroatoms. The molecule has 0 unspecified atom stereocenters. The van der Waals surface area contributed by atoms with E-state index >= 15 is 0 Å². The molecular weight excluding hydrogens is 374 g/mol. The van der Waals surface area contributed by atoms with E-state index in [4.69, 9.17) is 20.8 Å². The zero-order valence-corrected chi connectivity index (χ0v) is 16.9. The van der Waals surface area contributed by atoms with Crippen molar-refractivity contribution >= 4 is 28.3 Å². The van der Waals surface area contributed by atoms with Crippen molar-refractivity contribution in [1.82, 2.24) is 0 Å². The molecule has 3 aromatic rings. The molecule has 0 saturated carbocycles. The van der Waals surface area contributed by atoms with Gasteiger partial charge in [-0.05, 0) is 62.8 Å². The first-order valence-corrected chi connectivity index (χ1v) is 10.2. The minimum atomic E-state index is -0.213. The van der Waals surface area contributed by atoms with Crippen LogP contribution in [0.5, 0.6) is 5.75 Å². The van der Waals surface area contributed by atoms with Crippen LogP contribution in [0.15, 0.2) is 33.5 Å². The van der Waals surface area contributed by atoms with Crippen molar-refractivity contribution in [3.05, 3.63) is 67.5 Å². The van der Waals surface area contributed by atoms with Gasteiger partial charge in [-0.1, -0.05) is 29.3 Å². The lowest BCUT2D eigenvalue weighted by Crippen LogP contribution is -2.33. The second kappa shape index (κ2) is 6.56. The maximum absolute atomic E-state index is 12.6. The first-order valence-electron chi connectivity index (χ1n) is 9.78. The fourth-order valence-electron chi connectivity index (χ4n) is 4.58. The third-order valence-corrected chi connectivity index (χ3v) is 6.20. The predicted molar refractivity (Wildman–Crippen MR) is 112 cm³/mol. The van der Waals surface area contributed by atoms with Crippen LogP contribution in [0.2, 0.25) is 5.02 Å². The topological polar surface area (TPSA) is 42.7 Å². The zero-order chi connectivity index (χ0) is 19.4. The number of rotatable bonds is 1. The van der Waals surface area contributed by atoms with Crippen molar-refractivity contribution in [2.75, 3.05) is 11.6 Å². The van der Waals surface area contributed by atoms with E-state index in [-0.39, 0.29) is 5.63 Å². The number of hydrogen-bond donors (Lipinski definition) is 0. The summed E-state index contributed by atoms with van der Waals surface area (Å²) < 4.78 is 11.9. The van der Waals surface area contributed by atoms with Crippen LogP contribution in [0.25, 0.3) is 11.0 Å². The largest absolute Gasteiger partial charge is 0.471 e. The van der Waals surface area contributed by atoms with E-state index in [0.717, 1.165) is 53.4 Å². The van der Waals surface area contributed by atoms with Crippen molar-refractivity contribution in [3.8, 4) is 5.75 Å². The van der Waals surface area contributed by atoms with Crippen LogP contribution in [0.4, 0.5) is 5.69 Å². The number of halogens is 1. The lowest BCUT2D eigenvalue weighted by Gasteiger charge is -2.33. The summed E-state index contributed by atoms with van der Waals surface area (Å²) in [6, 6.07) is 8.29. The molecular formula is C23H22ClNO3. The van der Waals surface area contributed by atoms with Crippen molar-refractivity contribution in [2.24, 2.45) is 0 Å². The highest BCUT2D eigenvalue weighted by Crippen LogP contribution is 2.42. The van der Waals surface area contributed by atoms with Gasteiger partial charge in [-0.2, -0.15) is 0 Å². The van der Waals surface area contributed by atoms with Crippen LogP contribution < -0.4 is 15.3 Å². The minimum absolute atomic E-state index is 0.213. The molecule has 1 aromatic heterocycles. The lowest BCUT2D eigenvalue weighted by atomic mass is 9.89. The van der Waals surface area contributed by atoms with Gasteiger partial charge in [0.15, 0.2) is 6.73 Å². The molecule has 2 aliphatic rings. The van der Waals surface area contributed by atoms with E-state index in [9.17, 15) is 4.79 Å². The zero-order valence-electron chi connectivity index (χ0n) is 16.1. The molecule has 0 N–H and O–H groups in total. The molecule has 0 radical (unpaired) electrons. The van der Waals surface area contributed by atoms with Gasteiger partial charge in [-0.3, -0.25) is 0 Å². The van der Waals surface area contributed by atoms with Gasteiger partial charge in [-0.15, -0.1) is 0 Å². The second-order valence-electron chi connectivity index (χ2n) is 7.86. The summed E-state index contributed by atoms with van der Waals surface area (Å²) in [6.45, 7) is 5.20. The molecule has 2 heterocycles. The van der Waals surface area contributed by atoms with E-state index in [1.165, 1.54) is 11.1 Å². The number of ether oxygens (including phenoxy) is 1. The van der Waals surface area contributed by atoms with Crippen LogP contribution in [0.1, 0.15) is 40.7 Å². The standard InChI is InChI=1S/C23H22ClNO3/c1-13-7-8-20(14(2)9-13)25-11-18-21-17(10-19(24)22(18)27-12-25)15-5-3-4-6-16(15)23(26)28-21/h7-10H,3-6,11-12H2,1-2H3.